The Bertz CT molecular complexity index is 568. The molecule has 0 atom stereocenters. The highest BCUT2D eigenvalue weighted by Crippen LogP contribution is 2.38. The van der Waals surface area contributed by atoms with Crippen LogP contribution in [0, 0.1) is 5.41 Å². The van der Waals surface area contributed by atoms with E-state index in [4.69, 9.17) is 0 Å². The number of thioether (sulfide) groups is 1. The Morgan fingerprint density at radius 3 is 2.48 bits per heavy atom. The fourth-order valence-corrected chi connectivity index (χ4v) is 4.11. The van der Waals surface area contributed by atoms with E-state index in [0.29, 0.717) is 6.54 Å². The van der Waals surface area contributed by atoms with Crippen molar-refractivity contribution in [3.05, 3.63) is 30.3 Å². The minimum Gasteiger partial charge on any atom is -0.356 e. The first-order valence-electron chi connectivity index (χ1n) is 8.91. The van der Waals surface area contributed by atoms with Gasteiger partial charge in [0.25, 0.3) is 0 Å². The summed E-state index contributed by atoms with van der Waals surface area (Å²) in [6.07, 6.45) is 4.16. The first-order chi connectivity index (χ1) is 12.1. The molecule has 5 nitrogen and oxygen atoms in total. The zero-order valence-electron chi connectivity index (χ0n) is 15.5. The average Bonchev–Trinajstić information content (AvgIpc) is 3.11. The van der Waals surface area contributed by atoms with Crippen LogP contribution in [-0.4, -0.2) is 56.8 Å². The summed E-state index contributed by atoms with van der Waals surface area (Å²) in [5.41, 5.74) is -0.278. The van der Waals surface area contributed by atoms with Gasteiger partial charge < -0.3 is 15.5 Å². The summed E-state index contributed by atoms with van der Waals surface area (Å²) < 4.78 is 0. The molecule has 1 aliphatic carbocycles. The molecule has 0 spiro atoms. The molecule has 0 aliphatic heterocycles. The number of hydrogen-bond donors (Lipinski definition) is 2. The second-order valence-corrected chi connectivity index (χ2v) is 7.87. The van der Waals surface area contributed by atoms with Crippen molar-refractivity contribution in [2.75, 3.05) is 40.0 Å². The summed E-state index contributed by atoms with van der Waals surface area (Å²) in [7, 11) is 5.46. The highest BCUT2D eigenvalue weighted by molar-refractivity contribution is 7.99. The predicted molar refractivity (Wildman–Crippen MR) is 106 cm³/mol. The summed E-state index contributed by atoms with van der Waals surface area (Å²) in [5.74, 6) is 1.96. The summed E-state index contributed by atoms with van der Waals surface area (Å²) >= 11 is 1.82. The van der Waals surface area contributed by atoms with Crippen molar-refractivity contribution < 1.29 is 4.79 Å². The molecule has 2 rings (SSSR count). The average molecular weight is 363 g/mol. The van der Waals surface area contributed by atoms with E-state index in [1.54, 1.807) is 11.9 Å². The summed E-state index contributed by atoms with van der Waals surface area (Å²) in [4.78, 5) is 19.9. The van der Waals surface area contributed by atoms with E-state index in [2.05, 4.69) is 39.9 Å². The van der Waals surface area contributed by atoms with Gasteiger partial charge in [-0.3, -0.25) is 9.79 Å². The van der Waals surface area contributed by atoms with Gasteiger partial charge in [0.05, 0.1) is 5.41 Å². The predicted octanol–water partition coefficient (Wildman–Crippen LogP) is 2.59. The lowest BCUT2D eigenvalue weighted by molar-refractivity contribution is -0.138. The second-order valence-electron chi connectivity index (χ2n) is 6.70. The van der Waals surface area contributed by atoms with Crippen molar-refractivity contribution in [1.29, 1.82) is 0 Å². The number of hydrogen-bond acceptors (Lipinski definition) is 3. The molecule has 1 saturated carbocycles. The van der Waals surface area contributed by atoms with Crippen LogP contribution in [0.3, 0.4) is 0 Å². The zero-order chi connectivity index (χ0) is 18.1. The molecule has 0 unspecified atom stereocenters. The van der Waals surface area contributed by atoms with E-state index < -0.39 is 0 Å². The van der Waals surface area contributed by atoms with Crippen LogP contribution in [-0.2, 0) is 4.79 Å². The van der Waals surface area contributed by atoms with Crippen molar-refractivity contribution >= 4 is 23.6 Å². The third-order valence-electron chi connectivity index (χ3n) is 4.64. The molecular weight excluding hydrogens is 332 g/mol. The smallest absolute Gasteiger partial charge is 0.230 e. The summed E-state index contributed by atoms with van der Waals surface area (Å²) in [6, 6.07) is 10.4. The molecule has 0 bridgehead atoms. The number of carbonyl (C=O) groups excluding carboxylic acids is 1. The molecule has 0 aromatic heterocycles. The Labute approximate surface area is 155 Å². The minimum absolute atomic E-state index is 0.229. The van der Waals surface area contributed by atoms with Gasteiger partial charge in [-0.2, -0.15) is 0 Å². The van der Waals surface area contributed by atoms with Crippen LogP contribution in [0.2, 0.25) is 0 Å². The monoisotopic (exact) mass is 362 g/mol. The molecule has 1 amide bonds. The van der Waals surface area contributed by atoms with Gasteiger partial charge in [-0.15, -0.1) is 11.8 Å². The van der Waals surface area contributed by atoms with Crippen LogP contribution in [0.4, 0.5) is 0 Å². The highest BCUT2D eigenvalue weighted by Gasteiger charge is 2.42. The molecular formula is C19H30N4OS. The maximum atomic E-state index is 12.6. The Morgan fingerprint density at radius 1 is 1.20 bits per heavy atom. The number of aliphatic imine (C=N–C) groups is 1. The van der Waals surface area contributed by atoms with Gasteiger partial charge in [0, 0.05) is 44.9 Å². The number of guanidine groups is 1. The van der Waals surface area contributed by atoms with E-state index in [1.165, 1.54) is 4.90 Å². The molecule has 1 aliphatic rings. The topological polar surface area (TPSA) is 56.7 Å². The fourth-order valence-electron chi connectivity index (χ4n) is 3.32. The van der Waals surface area contributed by atoms with Gasteiger partial charge in [-0.05, 0) is 25.0 Å². The Morgan fingerprint density at radius 2 is 1.88 bits per heavy atom. The Hall–Kier alpha value is -1.69. The molecule has 1 aromatic carbocycles. The largest absolute Gasteiger partial charge is 0.356 e. The first-order valence-corrected chi connectivity index (χ1v) is 9.90. The molecule has 1 aromatic rings. The van der Waals surface area contributed by atoms with E-state index in [-0.39, 0.29) is 11.3 Å². The van der Waals surface area contributed by atoms with Crippen LogP contribution < -0.4 is 10.6 Å². The van der Waals surface area contributed by atoms with Gasteiger partial charge in [-0.1, -0.05) is 31.0 Å². The second kappa shape index (κ2) is 9.70. The number of carbonyl (C=O) groups is 1. The van der Waals surface area contributed by atoms with Gasteiger partial charge in [-0.25, -0.2) is 0 Å². The van der Waals surface area contributed by atoms with Crippen molar-refractivity contribution in [3.63, 3.8) is 0 Å². The fraction of sp³-hybridized carbons (Fsp3) is 0.579. The van der Waals surface area contributed by atoms with Crippen molar-refractivity contribution in [3.8, 4) is 0 Å². The van der Waals surface area contributed by atoms with Crippen LogP contribution >= 0.6 is 11.8 Å². The van der Waals surface area contributed by atoms with Crippen molar-refractivity contribution in [1.82, 2.24) is 15.5 Å². The highest BCUT2D eigenvalue weighted by atomic mass is 32.2. The lowest BCUT2D eigenvalue weighted by Gasteiger charge is -2.31. The zero-order valence-corrected chi connectivity index (χ0v) is 16.4. The Kier molecular flexibility index (Phi) is 7.62. The quantitative estimate of drug-likeness (QED) is 0.339. The number of nitrogens with one attached hydrogen (secondary N) is 2. The van der Waals surface area contributed by atoms with Crippen LogP contribution in [0.15, 0.2) is 40.2 Å². The maximum Gasteiger partial charge on any atom is 0.230 e. The summed E-state index contributed by atoms with van der Waals surface area (Å²) in [5, 5.41) is 6.71. The molecule has 2 N–H and O–H groups in total. The van der Waals surface area contributed by atoms with E-state index in [9.17, 15) is 4.79 Å². The van der Waals surface area contributed by atoms with Crippen molar-refractivity contribution in [2.45, 2.75) is 30.6 Å². The molecule has 138 valence electrons. The lowest BCUT2D eigenvalue weighted by Crippen LogP contribution is -2.49. The van der Waals surface area contributed by atoms with Crippen molar-refractivity contribution in [2.24, 2.45) is 10.4 Å². The van der Waals surface area contributed by atoms with Crippen LogP contribution in [0.25, 0.3) is 0 Å². The molecule has 1 fully saturated rings. The molecule has 0 heterocycles. The normalized spacial score (nSPS) is 16.5. The first kappa shape index (κ1) is 19.6. The molecule has 0 radical (unpaired) electrons. The molecule has 25 heavy (non-hydrogen) atoms. The van der Waals surface area contributed by atoms with Crippen LogP contribution in [0.1, 0.15) is 25.7 Å². The van der Waals surface area contributed by atoms with E-state index in [1.807, 2.05) is 31.9 Å². The number of amides is 1. The Balaban J connectivity index is 1.78. The summed E-state index contributed by atoms with van der Waals surface area (Å²) in [6.45, 7) is 1.48. The van der Waals surface area contributed by atoms with Gasteiger partial charge in [0.15, 0.2) is 5.96 Å². The van der Waals surface area contributed by atoms with E-state index in [0.717, 1.165) is 43.9 Å². The standard InChI is InChI=1S/C19H30N4OS/c1-20-18(21-13-14-25-16-9-5-4-6-10-16)22-15-19(11-7-8-12-19)17(24)23(2)3/h4-6,9-10H,7-8,11-15H2,1-3H3,(H2,20,21,22). The van der Waals surface area contributed by atoms with Gasteiger partial charge >= 0.3 is 0 Å². The third-order valence-corrected chi connectivity index (χ3v) is 5.66. The van der Waals surface area contributed by atoms with Crippen LogP contribution in [0.5, 0.6) is 0 Å². The maximum absolute atomic E-state index is 12.6. The number of benzene rings is 1. The molecule has 6 heteroatoms. The minimum atomic E-state index is -0.278. The molecule has 0 saturated heterocycles. The SMILES string of the molecule is CN=C(NCCSc1ccccc1)NCC1(C(=O)N(C)C)CCCC1. The number of nitrogens with zero attached hydrogens (tertiary/aromatic N) is 2. The lowest BCUT2D eigenvalue weighted by atomic mass is 9.84. The third kappa shape index (κ3) is 5.66. The number of rotatable bonds is 7. The van der Waals surface area contributed by atoms with E-state index >= 15 is 0 Å². The van der Waals surface area contributed by atoms with Gasteiger partial charge in [0.2, 0.25) is 5.91 Å². The van der Waals surface area contributed by atoms with Gasteiger partial charge in [0.1, 0.15) is 0 Å².